The van der Waals surface area contributed by atoms with Crippen molar-refractivity contribution in [2.75, 3.05) is 6.54 Å². The molecule has 6 nitrogen and oxygen atoms in total. The molecule has 3 aliphatic carbocycles. The average molecular weight is 310 g/mol. The van der Waals surface area contributed by atoms with E-state index >= 15 is 0 Å². The van der Waals surface area contributed by atoms with Gasteiger partial charge in [-0.25, -0.2) is 13.1 Å². The van der Waals surface area contributed by atoms with Crippen molar-refractivity contribution in [2.45, 2.75) is 43.8 Å². The zero-order valence-electron chi connectivity index (χ0n) is 12.2. The summed E-state index contributed by atoms with van der Waals surface area (Å²) in [6, 6.07) is 0.163. The maximum absolute atomic E-state index is 12.6. The predicted molar refractivity (Wildman–Crippen MR) is 77.9 cm³/mol. The summed E-state index contributed by atoms with van der Waals surface area (Å²) in [5.74, 6) is 2.71. The highest BCUT2D eigenvalue weighted by Gasteiger charge is 2.65. The van der Waals surface area contributed by atoms with Crippen molar-refractivity contribution in [1.82, 2.24) is 20.2 Å². The third-order valence-corrected chi connectivity index (χ3v) is 7.01. The van der Waals surface area contributed by atoms with E-state index < -0.39 is 10.0 Å². The Kier molecular flexibility index (Phi) is 3.13. The fourth-order valence-corrected chi connectivity index (χ4v) is 6.07. The Morgan fingerprint density at radius 3 is 2.71 bits per heavy atom. The molecule has 0 saturated heterocycles. The van der Waals surface area contributed by atoms with Crippen LogP contribution >= 0.6 is 0 Å². The van der Waals surface area contributed by atoms with Gasteiger partial charge in [0, 0.05) is 18.2 Å². The first kappa shape index (κ1) is 13.7. The van der Waals surface area contributed by atoms with E-state index in [1.54, 1.807) is 6.20 Å². The van der Waals surface area contributed by atoms with Gasteiger partial charge in [-0.1, -0.05) is 6.92 Å². The molecule has 3 fully saturated rings. The normalized spacial score (nSPS) is 36.9. The maximum atomic E-state index is 12.6. The summed E-state index contributed by atoms with van der Waals surface area (Å²) in [5, 5.41) is 9.92. The van der Waals surface area contributed by atoms with Crippen molar-refractivity contribution >= 4 is 10.0 Å². The Morgan fingerprint density at radius 1 is 1.33 bits per heavy atom. The van der Waals surface area contributed by atoms with Crippen molar-refractivity contribution in [1.29, 1.82) is 0 Å². The van der Waals surface area contributed by atoms with E-state index in [9.17, 15) is 8.42 Å². The van der Waals surface area contributed by atoms with E-state index in [2.05, 4.69) is 20.2 Å². The Hall–Kier alpha value is -0.920. The lowest BCUT2D eigenvalue weighted by atomic mass is 10.0. The molecule has 1 aromatic heterocycles. The topological polar surface area (TPSA) is 86.9 Å². The second kappa shape index (κ2) is 4.79. The summed E-state index contributed by atoms with van der Waals surface area (Å²) >= 11 is 0. The van der Waals surface area contributed by atoms with Crippen LogP contribution in [0.5, 0.6) is 0 Å². The van der Waals surface area contributed by atoms with Gasteiger partial charge in [0.25, 0.3) is 10.0 Å². The molecule has 4 atom stereocenters. The monoisotopic (exact) mass is 310 g/mol. The zero-order valence-corrected chi connectivity index (χ0v) is 13.0. The molecule has 7 heteroatoms. The SMILES string of the molecule is CCNCc1cn[nH]c1S(=O)(=O)NC1C2C3CCC(C3)C12. The van der Waals surface area contributed by atoms with Gasteiger partial charge in [-0.15, -0.1) is 0 Å². The van der Waals surface area contributed by atoms with Crippen LogP contribution in [0.15, 0.2) is 11.2 Å². The molecule has 1 heterocycles. The van der Waals surface area contributed by atoms with Gasteiger partial charge in [-0.3, -0.25) is 5.10 Å². The quantitative estimate of drug-likeness (QED) is 0.727. The summed E-state index contributed by atoms with van der Waals surface area (Å²) < 4.78 is 28.1. The van der Waals surface area contributed by atoms with Crippen molar-refractivity contribution in [3.63, 3.8) is 0 Å². The Morgan fingerprint density at radius 2 is 2.05 bits per heavy atom. The standard InChI is InChI=1S/C14H22N4O2S/c1-2-15-6-10-7-16-17-14(10)21(19,20)18-13-11-8-3-4-9(5-8)12(11)13/h7-9,11-13,15,18H,2-6H2,1H3,(H,16,17). The highest BCUT2D eigenvalue weighted by atomic mass is 32.2. The molecule has 0 spiro atoms. The number of nitrogens with zero attached hydrogens (tertiary/aromatic N) is 1. The number of nitrogens with one attached hydrogen (secondary N) is 3. The van der Waals surface area contributed by atoms with Gasteiger partial charge in [-0.05, 0) is 49.5 Å². The van der Waals surface area contributed by atoms with Gasteiger partial charge >= 0.3 is 0 Å². The van der Waals surface area contributed by atoms with E-state index in [0.717, 1.165) is 18.4 Å². The molecule has 116 valence electrons. The van der Waals surface area contributed by atoms with Crippen LogP contribution in [-0.2, 0) is 16.6 Å². The smallest absolute Gasteiger partial charge is 0.258 e. The third kappa shape index (κ3) is 2.13. The molecular formula is C14H22N4O2S. The Balaban J connectivity index is 1.49. The number of hydrogen-bond donors (Lipinski definition) is 3. The molecule has 0 aromatic carbocycles. The molecule has 0 radical (unpaired) electrons. The van der Waals surface area contributed by atoms with Gasteiger partial charge in [0.15, 0.2) is 5.03 Å². The third-order valence-electron chi connectivity index (χ3n) is 5.54. The predicted octanol–water partition coefficient (Wildman–Crippen LogP) is 0.842. The van der Waals surface area contributed by atoms with Crippen molar-refractivity contribution in [2.24, 2.45) is 23.7 Å². The first-order valence-electron chi connectivity index (χ1n) is 7.87. The molecular weight excluding hydrogens is 288 g/mol. The fourth-order valence-electron chi connectivity index (χ4n) is 4.64. The number of aromatic nitrogens is 2. The molecule has 21 heavy (non-hydrogen) atoms. The minimum atomic E-state index is -3.48. The van der Waals surface area contributed by atoms with Crippen molar-refractivity contribution in [3.05, 3.63) is 11.8 Å². The lowest BCUT2D eigenvalue weighted by Crippen LogP contribution is -2.31. The molecule has 4 rings (SSSR count). The van der Waals surface area contributed by atoms with Crippen LogP contribution in [0.2, 0.25) is 0 Å². The Bertz CT molecular complexity index is 625. The van der Waals surface area contributed by atoms with E-state index in [0.29, 0.717) is 23.9 Å². The molecule has 3 saturated carbocycles. The van der Waals surface area contributed by atoms with Gasteiger partial charge < -0.3 is 5.32 Å². The summed E-state index contributed by atoms with van der Waals surface area (Å²) in [7, 11) is -3.48. The van der Waals surface area contributed by atoms with E-state index in [1.165, 1.54) is 19.3 Å². The van der Waals surface area contributed by atoms with Gasteiger partial charge in [0.2, 0.25) is 0 Å². The molecule has 0 amide bonds. The van der Waals surface area contributed by atoms with Crippen molar-refractivity contribution in [3.8, 4) is 0 Å². The van der Waals surface area contributed by atoms with E-state index in [-0.39, 0.29) is 11.1 Å². The first-order valence-corrected chi connectivity index (χ1v) is 9.35. The minimum absolute atomic E-state index is 0.163. The maximum Gasteiger partial charge on any atom is 0.258 e. The summed E-state index contributed by atoms with van der Waals surface area (Å²) in [6.45, 7) is 3.31. The molecule has 0 aliphatic heterocycles. The van der Waals surface area contributed by atoms with E-state index in [1.807, 2.05) is 6.92 Å². The summed E-state index contributed by atoms with van der Waals surface area (Å²) in [6.07, 6.45) is 5.50. The van der Waals surface area contributed by atoms with Gasteiger partial charge in [0.05, 0.1) is 6.20 Å². The molecule has 3 N–H and O–H groups in total. The van der Waals surface area contributed by atoms with Crippen LogP contribution in [-0.4, -0.2) is 31.2 Å². The summed E-state index contributed by atoms with van der Waals surface area (Å²) in [4.78, 5) is 0. The van der Waals surface area contributed by atoms with Crippen molar-refractivity contribution < 1.29 is 8.42 Å². The molecule has 1 aromatic rings. The number of H-pyrrole nitrogens is 1. The highest BCUT2D eigenvalue weighted by molar-refractivity contribution is 7.89. The number of hydrogen-bond acceptors (Lipinski definition) is 4. The van der Waals surface area contributed by atoms with Gasteiger partial charge in [-0.2, -0.15) is 5.10 Å². The highest BCUT2D eigenvalue weighted by Crippen LogP contribution is 2.65. The zero-order chi connectivity index (χ0) is 14.6. The number of rotatable bonds is 6. The largest absolute Gasteiger partial charge is 0.313 e. The van der Waals surface area contributed by atoms with Crippen LogP contribution in [0.4, 0.5) is 0 Å². The van der Waals surface area contributed by atoms with Crippen LogP contribution in [0.1, 0.15) is 31.7 Å². The lowest BCUT2D eigenvalue weighted by molar-refractivity contribution is 0.456. The van der Waals surface area contributed by atoms with Crippen LogP contribution in [0.3, 0.4) is 0 Å². The average Bonchev–Trinajstić information content (AvgIpc) is 2.92. The summed E-state index contributed by atoms with van der Waals surface area (Å²) in [5.41, 5.74) is 0.707. The fraction of sp³-hybridized carbons (Fsp3) is 0.786. The van der Waals surface area contributed by atoms with Crippen LogP contribution < -0.4 is 10.0 Å². The lowest BCUT2D eigenvalue weighted by Gasteiger charge is -2.11. The number of fused-ring (bicyclic) bond motifs is 5. The second-order valence-electron chi connectivity index (χ2n) is 6.64. The van der Waals surface area contributed by atoms with Crippen LogP contribution in [0, 0.1) is 23.7 Å². The minimum Gasteiger partial charge on any atom is -0.313 e. The Labute approximate surface area is 125 Å². The molecule has 3 aliphatic rings. The van der Waals surface area contributed by atoms with Crippen LogP contribution in [0.25, 0.3) is 0 Å². The second-order valence-corrected chi connectivity index (χ2v) is 8.29. The number of sulfonamides is 1. The number of aromatic amines is 1. The van der Waals surface area contributed by atoms with E-state index in [4.69, 9.17) is 0 Å². The molecule has 4 unspecified atom stereocenters. The first-order chi connectivity index (χ1) is 10.1. The van der Waals surface area contributed by atoms with Gasteiger partial charge in [0.1, 0.15) is 0 Å². The molecule has 2 bridgehead atoms.